The number of likely N-dealkylation sites (tertiary alicyclic amines) is 1. The third-order valence-corrected chi connectivity index (χ3v) is 20.1. The molecule has 1 aromatic carbocycles. The number of rotatable bonds is 21. The lowest BCUT2D eigenvalue weighted by atomic mass is 9.85. The number of aliphatic hydroxyl groups excluding tert-OH is 1. The van der Waals surface area contributed by atoms with Gasteiger partial charge in [-0.15, -0.1) is 0 Å². The normalized spacial score (nSPS) is 14.6. The topological polar surface area (TPSA) is 418 Å². The number of aromatic amines is 5. The molecule has 594 valence electrons. The van der Waals surface area contributed by atoms with Gasteiger partial charge in [-0.05, 0) is 223 Å². The Bertz CT molecular complexity index is 5320. The van der Waals surface area contributed by atoms with Crippen molar-refractivity contribution in [2.45, 2.75) is 126 Å². The summed E-state index contributed by atoms with van der Waals surface area (Å²) in [5.74, 6) is -1.90. The minimum Gasteiger partial charge on any atom is -0.394 e. The van der Waals surface area contributed by atoms with E-state index in [-0.39, 0.29) is 87.5 Å². The monoisotopic (exact) mass is 1550 g/mol. The van der Waals surface area contributed by atoms with Crippen LogP contribution in [0, 0.1) is 0 Å². The average molecular weight is 1560 g/mol. The molecule has 1 atom stereocenters. The lowest BCUT2D eigenvalue weighted by Gasteiger charge is -2.32. The number of nitrogens with zero attached hydrogens (tertiary/aromatic N) is 6. The summed E-state index contributed by atoms with van der Waals surface area (Å²) >= 11 is 0. The number of carbonyl (C=O) groups excluding carboxylic acids is 5. The molecule has 0 bridgehead atoms. The molecule has 5 amide bonds. The third-order valence-electron chi connectivity index (χ3n) is 20.1. The van der Waals surface area contributed by atoms with Crippen LogP contribution < -0.4 is 54.4 Å². The van der Waals surface area contributed by atoms with Crippen LogP contribution in [0.15, 0.2) is 238 Å². The van der Waals surface area contributed by atoms with E-state index in [4.69, 9.17) is 0 Å². The van der Waals surface area contributed by atoms with Crippen molar-refractivity contribution in [1.29, 1.82) is 0 Å². The van der Waals surface area contributed by atoms with Crippen molar-refractivity contribution in [2.75, 3.05) is 39.3 Å². The molecule has 28 nitrogen and oxygen atoms in total. The van der Waals surface area contributed by atoms with Crippen molar-refractivity contribution in [1.82, 2.24) is 81.3 Å². The van der Waals surface area contributed by atoms with E-state index < -0.39 is 34.6 Å². The van der Waals surface area contributed by atoms with Crippen LogP contribution >= 0.6 is 0 Å². The number of H-pyrrole nitrogens is 5. The molecule has 11 aromatic rings. The molecule has 115 heavy (non-hydrogen) atoms. The van der Waals surface area contributed by atoms with E-state index in [1.807, 2.05) is 66.7 Å². The Kier molecular flexibility index (Phi) is 30.3. The zero-order chi connectivity index (χ0) is 80.7. The molecule has 1 unspecified atom stereocenters. The number of nitrogens with one attached hydrogen (secondary N) is 10. The number of amides is 5. The standard InChI is InChI=1S/C20H19N3O3.C18H21N3O3.C18H21N3O2.C17H20N4O2.C14H13N3O2/c24-13-17(10-14-4-2-1-3-5-14)23-20(26)18-11-16(12-22-19(18)25)15-6-8-21-9-7-15;22-16-15(10-14(11-20-16)13-4-8-19-9-5-13)17(23)21-12-18(24)6-2-1-3-7-18;22-17-16(18(23)21-15-5-3-1-2-4-6-15)11-14(12-20-17)13-7-9-19-10-8-13;22-16(19-7-10-21-8-1-2-9-21)15-11-14(12-20-17(15)23)13-3-5-18-6-4-13;18-13-12(14(19)17-11-1-2-11)7-10(8-16-13)9-3-5-15-6-4-9/h1-9,11-12,17,24H,10,13H2,(H,22,25)(H,23,26);4-5,8-11,24H,1-3,6-7,12H2,(H,20,22)(H,21,23);7-12,15H,1-6H2,(H,20,22)(H,21,23);3-6,11-12H,1-2,7-10H2,(H,19,22)(H,20,23);3-8,11H,1-2H2,(H,16,18)(H,17,19). The first kappa shape index (κ1) is 82.9. The number of pyridine rings is 10. The summed E-state index contributed by atoms with van der Waals surface area (Å²) in [6.07, 6.45) is 40.7. The summed E-state index contributed by atoms with van der Waals surface area (Å²) in [4.78, 5) is 157. The van der Waals surface area contributed by atoms with E-state index in [1.54, 1.807) is 148 Å². The molecule has 1 aliphatic heterocycles. The predicted octanol–water partition coefficient (Wildman–Crippen LogP) is 9.11. The molecule has 4 fully saturated rings. The highest BCUT2D eigenvalue weighted by molar-refractivity contribution is 5.98. The second-order valence-electron chi connectivity index (χ2n) is 28.6. The van der Waals surface area contributed by atoms with E-state index in [2.05, 4.69) is 81.3 Å². The van der Waals surface area contributed by atoms with Gasteiger partial charge >= 0.3 is 0 Å². The molecule has 28 heteroatoms. The molecular weight excluding hydrogens is 1460 g/mol. The highest BCUT2D eigenvalue weighted by Gasteiger charge is 2.31. The number of benzene rings is 1. The van der Waals surface area contributed by atoms with Gasteiger partial charge in [-0.3, -0.25) is 72.9 Å². The fraction of sp³-hybridized carbons (Fsp3) is 0.299. The largest absolute Gasteiger partial charge is 0.394 e. The van der Waals surface area contributed by atoms with Gasteiger partial charge in [0.2, 0.25) is 0 Å². The van der Waals surface area contributed by atoms with E-state index in [1.165, 1.54) is 25.7 Å². The summed E-state index contributed by atoms with van der Waals surface area (Å²) in [6, 6.07) is 35.7. The smallest absolute Gasteiger partial charge is 0.260 e. The Labute approximate surface area is 662 Å². The molecule has 15 rings (SSSR count). The fourth-order valence-electron chi connectivity index (χ4n) is 13.5. The minimum atomic E-state index is -0.858. The number of hydrogen-bond donors (Lipinski definition) is 12. The molecule has 12 N–H and O–H groups in total. The van der Waals surface area contributed by atoms with Crippen LogP contribution in [0.4, 0.5) is 0 Å². The first-order chi connectivity index (χ1) is 56.0. The second-order valence-corrected chi connectivity index (χ2v) is 28.6. The molecule has 0 spiro atoms. The lowest BCUT2D eigenvalue weighted by Crippen LogP contribution is -2.45. The van der Waals surface area contributed by atoms with Crippen LogP contribution in [-0.4, -0.2) is 158 Å². The Morgan fingerprint density at radius 2 is 0.730 bits per heavy atom. The summed E-state index contributed by atoms with van der Waals surface area (Å²) < 4.78 is 0. The number of hydrogen-bond acceptors (Lipinski definition) is 18. The summed E-state index contributed by atoms with van der Waals surface area (Å²) in [7, 11) is 0. The maximum absolute atomic E-state index is 12.6. The predicted molar refractivity (Wildman–Crippen MR) is 438 cm³/mol. The number of aromatic nitrogens is 10. The summed E-state index contributed by atoms with van der Waals surface area (Å²) in [5, 5.41) is 34.2. The van der Waals surface area contributed by atoms with Gasteiger partial charge in [0.25, 0.3) is 57.3 Å². The van der Waals surface area contributed by atoms with Crippen molar-refractivity contribution < 1.29 is 34.2 Å². The van der Waals surface area contributed by atoms with Gasteiger partial charge in [0.1, 0.15) is 27.8 Å². The van der Waals surface area contributed by atoms with Crippen LogP contribution in [0.25, 0.3) is 55.6 Å². The molecule has 10 aromatic heterocycles. The van der Waals surface area contributed by atoms with Gasteiger partial charge in [0.05, 0.1) is 18.2 Å². The van der Waals surface area contributed by atoms with Crippen LogP contribution in [-0.2, 0) is 6.42 Å². The van der Waals surface area contributed by atoms with Gasteiger partial charge in [0, 0.05) is 125 Å². The maximum atomic E-state index is 12.6. The Morgan fingerprint density at radius 3 is 1.09 bits per heavy atom. The van der Waals surface area contributed by atoms with Crippen molar-refractivity contribution in [3.8, 4) is 55.6 Å². The first-order valence-electron chi connectivity index (χ1n) is 38.7. The zero-order valence-corrected chi connectivity index (χ0v) is 63.7. The second kappa shape index (κ2) is 42.0. The fourth-order valence-corrected chi connectivity index (χ4v) is 13.5. The number of carbonyl (C=O) groups is 5. The Balaban J connectivity index is 0.000000142. The Morgan fingerprint density at radius 1 is 0.400 bits per heavy atom. The van der Waals surface area contributed by atoms with Gasteiger partial charge in [-0.2, -0.15) is 0 Å². The first-order valence-corrected chi connectivity index (χ1v) is 38.7. The van der Waals surface area contributed by atoms with Gasteiger partial charge in [-0.1, -0.05) is 75.3 Å². The average Bonchev–Trinajstić information content (AvgIpc) is 1.50. The molecular formula is C87H94N16O12. The third kappa shape index (κ3) is 25.0. The van der Waals surface area contributed by atoms with Crippen molar-refractivity contribution in [3.63, 3.8) is 0 Å². The lowest BCUT2D eigenvalue weighted by molar-refractivity contribution is 0.00523. The molecule has 3 aliphatic carbocycles. The summed E-state index contributed by atoms with van der Waals surface area (Å²) in [5.41, 5.74) is 6.90. The van der Waals surface area contributed by atoms with Gasteiger partial charge < -0.3 is 66.6 Å². The van der Waals surface area contributed by atoms with Crippen LogP contribution in [0.3, 0.4) is 0 Å². The van der Waals surface area contributed by atoms with E-state index in [0.29, 0.717) is 31.4 Å². The minimum absolute atomic E-state index is 0.00539. The van der Waals surface area contributed by atoms with Crippen LogP contribution in [0.2, 0.25) is 0 Å². The molecule has 3 saturated carbocycles. The maximum Gasteiger partial charge on any atom is 0.260 e. The van der Waals surface area contributed by atoms with Crippen molar-refractivity contribution in [3.05, 3.63) is 299 Å². The SMILES string of the molecule is O=C(NC(CO)Cc1ccccc1)c1cc(-c2ccncc2)c[nH]c1=O.O=C(NC1CC1)c1cc(-c2ccncc2)c[nH]c1=O.O=C(NC1CCCCCC1)c1cc(-c2ccncc2)c[nH]c1=O.O=C(NCC1(O)CCCCC1)c1cc(-c2ccncc2)c[nH]c1=O.O=C(NCCN1CCCC1)c1cc(-c2ccncc2)c[nH]c1=O. The highest BCUT2D eigenvalue weighted by Crippen LogP contribution is 2.29. The van der Waals surface area contributed by atoms with Gasteiger partial charge in [-0.25, -0.2) is 0 Å². The summed E-state index contributed by atoms with van der Waals surface area (Å²) in [6.45, 7) is 3.51. The molecule has 4 aliphatic rings. The van der Waals surface area contributed by atoms with Crippen LogP contribution in [0.5, 0.6) is 0 Å². The van der Waals surface area contributed by atoms with Gasteiger partial charge in [0.15, 0.2) is 0 Å². The molecule has 0 radical (unpaired) electrons. The van der Waals surface area contributed by atoms with E-state index in [9.17, 15) is 58.2 Å². The Hall–Kier alpha value is -13.1. The molecule has 1 saturated heterocycles. The van der Waals surface area contributed by atoms with Crippen LogP contribution in [0.1, 0.15) is 154 Å². The van der Waals surface area contributed by atoms with Crippen molar-refractivity contribution >= 4 is 29.5 Å². The van der Waals surface area contributed by atoms with E-state index >= 15 is 0 Å². The number of aliphatic hydroxyl groups is 2. The van der Waals surface area contributed by atoms with E-state index in [0.717, 1.165) is 133 Å². The zero-order valence-electron chi connectivity index (χ0n) is 63.7. The quantitative estimate of drug-likeness (QED) is 0.0298. The van der Waals surface area contributed by atoms with Crippen molar-refractivity contribution in [2.24, 2.45) is 0 Å². The highest BCUT2D eigenvalue weighted by atomic mass is 16.3. The molecule has 11 heterocycles.